The van der Waals surface area contributed by atoms with Gasteiger partial charge in [0.2, 0.25) is 5.91 Å². The van der Waals surface area contributed by atoms with Gasteiger partial charge < -0.3 is 19.6 Å². The molecule has 0 radical (unpaired) electrons. The number of hydrogen-bond acceptors (Lipinski definition) is 4. The van der Waals surface area contributed by atoms with Crippen LogP contribution in [0.1, 0.15) is 12.0 Å². The molecule has 2 aliphatic rings. The molecule has 2 saturated heterocycles. The first kappa shape index (κ1) is 23.2. The molecule has 0 unspecified atom stereocenters. The van der Waals surface area contributed by atoms with E-state index in [-0.39, 0.29) is 11.3 Å². The van der Waals surface area contributed by atoms with Crippen molar-refractivity contribution in [1.29, 1.82) is 0 Å². The highest BCUT2D eigenvalue weighted by molar-refractivity contribution is 5.79. The lowest BCUT2D eigenvalue weighted by molar-refractivity contribution is -0.192. The van der Waals surface area contributed by atoms with Crippen LogP contribution in [0.25, 0.3) is 0 Å². The maximum absolute atomic E-state index is 12.6. The molecular weight excluding hydrogens is 389 g/mol. The van der Waals surface area contributed by atoms with Crippen molar-refractivity contribution in [2.24, 2.45) is 11.3 Å². The lowest BCUT2D eigenvalue weighted by atomic mass is 9.77. The molecule has 2 aliphatic heterocycles. The molecule has 0 aliphatic carbocycles. The van der Waals surface area contributed by atoms with Crippen LogP contribution in [0.5, 0.6) is 0 Å². The Morgan fingerprint density at radius 1 is 1.24 bits per heavy atom. The minimum atomic E-state index is -5.08. The van der Waals surface area contributed by atoms with Crippen molar-refractivity contribution in [3.63, 3.8) is 0 Å². The molecule has 0 bridgehead atoms. The van der Waals surface area contributed by atoms with Crippen molar-refractivity contribution in [2.75, 3.05) is 46.9 Å². The summed E-state index contributed by atoms with van der Waals surface area (Å²) >= 11 is 0. The number of benzene rings is 1. The van der Waals surface area contributed by atoms with Gasteiger partial charge in [-0.25, -0.2) is 4.79 Å². The summed E-state index contributed by atoms with van der Waals surface area (Å²) in [6.45, 7) is 4.73. The number of carboxylic acid groups (broad SMARTS) is 1. The number of carbonyl (C=O) groups is 2. The van der Waals surface area contributed by atoms with Gasteiger partial charge in [0.25, 0.3) is 0 Å². The smallest absolute Gasteiger partial charge is 0.475 e. The Balaban J connectivity index is 0.000000370. The Morgan fingerprint density at radius 3 is 2.41 bits per heavy atom. The van der Waals surface area contributed by atoms with E-state index in [4.69, 9.17) is 14.6 Å². The van der Waals surface area contributed by atoms with Crippen LogP contribution in [-0.4, -0.2) is 79.9 Å². The normalized spacial score (nSPS) is 24.4. The van der Waals surface area contributed by atoms with Crippen molar-refractivity contribution < 1.29 is 32.6 Å². The van der Waals surface area contributed by atoms with Gasteiger partial charge in [-0.1, -0.05) is 30.3 Å². The van der Waals surface area contributed by atoms with Gasteiger partial charge in [0.15, 0.2) is 0 Å². The van der Waals surface area contributed by atoms with Gasteiger partial charge in [-0.2, -0.15) is 13.2 Å². The highest BCUT2D eigenvalue weighted by atomic mass is 19.4. The van der Waals surface area contributed by atoms with Crippen LogP contribution in [0, 0.1) is 11.3 Å². The number of methoxy groups -OCH3 is 1. The van der Waals surface area contributed by atoms with Crippen LogP contribution in [0.2, 0.25) is 0 Å². The van der Waals surface area contributed by atoms with E-state index in [0.717, 1.165) is 44.8 Å². The van der Waals surface area contributed by atoms with Crippen molar-refractivity contribution in [3.8, 4) is 0 Å². The largest absolute Gasteiger partial charge is 0.490 e. The number of alkyl halides is 3. The number of nitrogens with zero attached hydrogens (tertiary/aromatic N) is 2. The maximum Gasteiger partial charge on any atom is 0.490 e. The van der Waals surface area contributed by atoms with E-state index in [0.29, 0.717) is 12.3 Å². The summed E-state index contributed by atoms with van der Waals surface area (Å²) < 4.78 is 37.2. The van der Waals surface area contributed by atoms with E-state index >= 15 is 0 Å². The first-order valence-corrected chi connectivity index (χ1v) is 9.37. The fourth-order valence-electron chi connectivity index (χ4n) is 4.19. The van der Waals surface area contributed by atoms with Crippen LogP contribution in [-0.2, 0) is 20.7 Å². The maximum atomic E-state index is 12.6. The molecule has 3 rings (SSSR count). The third kappa shape index (κ3) is 6.17. The fraction of sp³-hybridized carbons (Fsp3) is 0.600. The van der Waals surface area contributed by atoms with Gasteiger partial charge >= 0.3 is 12.1 Å². The van der Waals surface area contributed by atoms with Gasteiger partial charge in [-0.05, 0) is 19.0 Å². The number of aliphatic carboxylic acids is 1. The van der Waals surface area contributed by atoms with Crippen molar-refractivity contribution >= 4 is 11.9 Å². The molecule has 1 aromatic rings. The average molecular weight is 416 g/mol. The molecule has 2 atom stereocenters. The van der Waals surface area contributed by atoms with Gasteiger partial charge in [0.05, 0.1) is 13.0 Å². The van der Waals surface area contributed by atoms with Crippen molar-refractivity contribution in [2.45, 2.75) is 19.0 Å². The summed E-state index contributed by atoms with van der Waals surface area (Å²) in [6, 6.07) is 10.0. The number of amides is 1. The Hall–Kier alpha value is -2.13. The monoisotopic (exact) mass is 416 g/mol. The van der Waals surface area contributed by atoms with Crippen LogP contribution in [0.15, 0.2) is 30.3 Å². The van der Waals surface area contributed by atoms with E-state index in [2.05, 4.69) is 16.8 Å². The zero-order chi connectivity index (χ0) is 21.7. The van der Waals surface area contributed by atoms with Gasteiger partial charge in [-0.15, -0.1) is 0 Å². The summed E-state index contributed by atoms with van der Waals surface area (Å²) in [5, 5.41) is 7.12. The molecule has 1 amide bonds. The van der Waals surface area contributed by atoms with Crippen molar-refractivity contribution in [1.82, 2.24) is 9.80 Å². The summed E-state index contributed by atoms with van der Waals surface area (Å²) in [4.78, 5) is 25.9. The predicted octanol–water partition coefficient (Wildman–Crippen LogP) is 2.29. The quantitative estimate of drug-likeness (QED) is 0.816. The number of likely N-dealkylation sites (tertiary alicyclic amines) is 2. The fourth-order valence-corrected chi connectivity index (χ4v) is 4.19. The number of rotatable bonds is 4. The first-order valence-electron chi connectivity index (χ1n) is 9.37. The summed E-state index contributed by atoms with van der Waals surface area (Å²) in [7, 11) is 3.95. The molecule has 6 nitrogen and oxygen atoms in total. The zero-order valence-electron chi connectivity index (χ0n) is 16.6. The van der Waals surface area contributed by atoms with E-state index < -0.39 is 12.1 Å². The zero-order valence-corrected chi connectivity index (χ0v) is 16.6. The SMILES string of the molecule is COC[C@@H]1CN(C)C[C@@]12CCN(C(=O)Cc1ccccc1)C2.O=C(O)C(F)(F)F. The Morgan fingerprint density at radius 2 is 1.86 bits per heavy atom. The summed E-state index contributed by atoms with van der Waals surface area (Å²) in [5.41, 5.74) is 1.34. The molecule has 1 N–H and O–H groups in total. The number of halogens is 3. The van der Waals surface area contributed by atoms with E-state index in [1.165, 1.54) is 0 Å². The van der Waals surface area contributed by atoms with E-state index in [9.17, 15) is 18.0 Å². The Bertz CT molecular complexity index is 699. The van der Waals surface area contributed by atoms with Gasteiger partial charge in [0.1, 0.15) is 0 Å². The summed E-state index contributed by atoms with van der Waals surface area (Å²) in [5.74, 6) is -1.96. The van der Waals surface area contributed by atoms with Crippen LogP contribution in [0.3, 0.4) is 0 Å². The lowest BCUT2D eigenvalue weighted by Gasteiger charge is -2.30. The van der Waals surface area contributed by atoms with E-state index in [1.54, 1.807) is 7.11 Å². The second-order valence-electron chi connectivity index (χ2n) is 7.74. The molecule has 2 heterocycles. The van der Waals surface area contributed by atoms with Crippen LogP contribution in [0.4, 0.5) is 13.2 Å². The second kappa shape index (κ2) is 9.58. The standard InChI is InChI=1S/C18H26N2O2.C2HF3O2/c1-19-11-16(12-22-2)18(13-19)8-9-20(14-18)17(21)10-15-6-4-3-5-7-15;3-2(4,5)1(6)7/h3-7,16H,8-14H2,1-2H3;(H,6,7)/t16-,18+;/m0./s1. The molecule has 162 valence electrons. The van der Waals surface area contributed by atoms with E-state index in [1.807, 2.05) is 30.3 Å². The third-order valence-electron chi connectivity index (χ3n) is 5.53. The second-order valence-corrected chi connectivity index (χ2v) is 7.74. The molecule has 9 heteroatoms. The molecule has 29 heavy (non-hydrogen) atoms. The molecule has 0 saturated carbocycles. The lowest BCUT2D eigenvalue weighted by Crippen LogP contribution is -2.38. The molecule has 2 fully saturated rings. The molecular formula is C20H27F3N2O4. The van der Waals surface area contributed by atoms with Crippen LogP contribution < -0.4 is 0 Å². The molecule has 1 aromatic carbocycles. The number of carbonyl (C=O) groups excluding carboxylic acids is 1. The highest BCUT2D eigenvalue weighted by Gasteiger charge is 2.50. The molecule has 1 spiro atoms. The Labute approximate surface area is 168 Å². The Kier molecular flexibility index (Phi) is 7.65. The average Bonchev–Trinajstić information content (AvgIpc) is 3.20. The van der Waals surface area contributed by atoms with Crippen LogP contribution >= 0.6 is 0 Å². The topological polar surface area (TPSA) is 70.1 Å². The number of hydrogen-bond donors (Lipinski definition) is 1. The van der Waals surface area contributed by atoms with Gasteiger partial charge in [-0.3, -0.25) is 4.79 Å². The third-order valence-corrected chi connectivity index (χ3v) is 5.53. The first-order chi connectivity index (χ1) is 13.6. The summed E-state index contributed by atoms with van der Waals surface area (Å²) in [6.07, 6.45) is -3.46. The number of carboxylic acids is 1. The van der Waals surface area contributed by atoms with Crippen molar-refractivity contribution in [3.05, 3.63) is 35.9 Å². The number of ether oxygens (including phenoxy) is 1. The minimum absolute atomic E-state index is 0.233. The van der Waals surface area contributed by atoms with Gasteiger partial charge in [0, 0.05) is 44.6 Å². The molecule has 0 aromatic heterocycles. The predicted molar refractivity (Wildman–Crippen MR) is 100 cm³/mol. The highest BCUT2D eigenvalue weighted by Crippen LogP contribution is 2.43. The minimum Gasteiger partial charge on any atom is -0.475 e.